The van der Waals surface area contributed by atoms with E-state index < -0.39 is 0 Å². The number of hydrogen-bond donors (Lipinski definition) is 3. The molecule has 1 saturated heterocycles. The molecule has 0 aromatic heterocycles. The molecule has 1 rings (SSSR count). The molecule has 0 spiro atoms. The summed E-state index contributed by atoms with van der Waals surface area (Å²) in [6.07, 6.45) is 3.64. The number of aliphatic hydroxyl groups excluding tert-OH is 1. The normalized spacial score (nSPS) is 18.1. The summed E-state index contributed by atoms with van der Waals surface area (Å²) in [7, 11) is 0. The number of aliphatic hydroxyl groups is 1. The van der Waals surface area contributed by atoms with Crippen molar-refractivity contribution in [2.24, 2.45) is 11.3 Å². The van der Waals surface area contributed by atoms with E-state index in [2.05, 4.69) is 24.5 Å². The van der Waals surface area contributed by atoms with Gasteiger partial charge in [-0.15, -0.1) is 0 Å². The summed E-state index contributed by atoms with van der Waals surface area (Å²) in [6, 6.07) is 0. The molecule has 1 aliphatic heterocycles. The van der Waals surface area contributed by atoms with Crippen molar-refractivity contribution in [2.75, 3.05) is 26.2 Å². The minimum Gasteiger partial charge on any atom is -0.396 e. The summed E-state index contributed by atoms with van der Waals surface area (Å²) < 4.78 is 0. The van der Waals surface area contributed by atoms with E-state index in [1.54, 1.807) is 0 Å². The van der Waals surface area contributed by atoms with Crippen LogP contribution in [-0.2, 0) is 4.79 Å². The highest BCUT2D eigenvalue weighted by molar-refractivity contribution is 5.78. The second-order valence-electron chi connectivity index (χ2n) is 5.73. The Balaban J connectivity index is 2.26. The van der Waals surface area contributed by atoms with Crippen LogP contribution in [0.4, 0.5) is 0 Å². The fourth-order valence-electron chi connectivity index (χ4n) is 2.20. The number of rotatable bonds is 6. The fraction of sp³-hybridized carbons (Fsp3) is 0.923. The Morgan fingerprint density at radius 1 is 1.41 bits per heavy atom. The van der Waals surface area contributed by atoms with Crippen LogP contribution in [0.25, 0.3) is 0 Å². The summed E-state index contributed by atoms with van der Waals surface area (Å²) in [6.45, 7) is 7.09. The molecule has 4 heteroatoms. The number of nitrogens with one attached hydrogen (secondary N) is 2. The zero-order valence-electron chi connectivity index (χ0n) is 11.1. The van der Waals surface area contributed by atoms with Crippen molar-refractivity contribution in [3.8, 4) is 0 Å². The number of hydrogen-bond acceptors (Lipinski definition) is 3. The third-order valence-corrected chi connectivity index (χ3v) is 3.46. The van der Waals surface area contributed by atoms with Crippen LogP contribution in [0.1, 0.15) is 39.5 Å². The van der Waals surface area contributed by atoms with Crippen molar-refractivity contribution in [1.82, 2.24) is 10.6 Å². The topological polar surface area (TPSA) is 61.4 Å². The van der Waals surface area contributed by atoms with Crippen LogP contribution in [0.3, 0.4) is 0 Å². The van der Waals surface area contributed by atoms with E-state index in [0.717, 1.165) is 38.8 Å². The van der Waals surface area contributed by atoms with Crippen LogP contribution in [0.2, 0.25) is 0 Å². The molecule has 0 unspecified atom stereocenters. The smallest absolute Gasteiger partial charge is 0.223 e. The van der Waals surface area contributed by atoms with Gasteiger partial charge in [-0.3, -0.25) is 4.79 Å². The molecule has 0 bridgehead atoms. The van der Waals surface area contributed by atoms with Gasteiger partial charge in [0.1, 0.15) is 0 Å². The molecule has 1 heterocycles. The SMILES string of the molecule is CC(C)(CCCO)CNC(=O)C1CCNCC1. The van der Waals surface area contributed by atoms with Gasteiger partial charge in [0.15, 0.2) is 0 Å². The Bertz CT molecular complexity index is 236. The highest BCUT2D eigenvalue weighted by Gasteiger charge is 2.23. The lowest BCUT2D eigenvalue weighted by Crippen LogP contribution is -2.41. The molecule has 0 aromatic carbocycles. The maximum absolute atomic E-state index is 11.9. The molecule has 1 amide bonds. The molecule has 0 radical (unpaired) electrons. The first-order valence-corrected chi connectivity index (χ1v) is 6.64. The van der Waals surface area contributed by atoms with E-state index >= 15 is 0 Å². The first-order valence-electron chi connectivity index (χ1n) is 6.64. The highest BCUT2D eigenvalue weighted by Crippen LogP contribution is 2.21. The first-order chi connectivity index (χ1) is 8.05. The average molecular weight is 242 g/mol. The number of carbonyl (C=O) groups is 1. The lowest BCUT2D eigenvalue weighted by molar-refractivity contribution is -0.126. The lowest BCUT2D eigenvalue weighted by Gasteiger charge is -2.27. The molecular formula is C13H26N2O2. The van der Waals surface area contributed by atoms with Crippen molar-refractivity contribution in [3.63, 3.8) is 0 Å². The predicted molar refractivity (Wildman–Crippen MR) is 68.7 cm³/mol. The van der Waals surface area contributed by atoms with Gasteiger partial charge < -0.3 is 15.7 Å². The fourth-order valence-corrected chi connectivity index (χ4v) is 2.20. The largest absolute Gasteiger partial charge is 0.396 e. The second kappa shape index (κ2) is 6.97. The second-order valence-corrected chi connectivity index (χ2v) is 5.73. The van der Waals surface area contributed by atoms with Crippen molar-refractivity contribution in [3.05, 3.63) is 0 Å². The van der Waals surface area contributed by atoms with Crippen molar-refractivity contribution < 1.29 is 9.90 Å². The van der Waals surface area contributed by atoms with Gasteiger partial charge in [-0.2, -0.15) is 0 Å². The monoisotopic (exact) mass is 242 g/mol. The van der Waals surface area contributed by atoms with E-state index in [-0.39, 0.29) is 23.8 Å². The molecule has 1 fully saturated rings. The van der Waals surface area contributed by atoms with Gasteiger partial charge in [0.05, 0.1) is 0 Å². The average Bonchev–Trinajstić information content (AvgIpc) is 2.35. The molecule has 0 atom stereocenters. The van der Waals surface area contributed by atoms with Gasteiger partial charge in [-0.1, -0.05) is 13.8 Å². The van der Waals surface area contributed by atoms with Gasteiger partial charge in [-0.25, -0.2) is 0 Å². The van der Waals surface area contributed by atoms with Crippen LogP contribution in [0, 0.1) is 11.3 Å². The van der Waals surface area contributed by atoms with E-state index in [0.29, 0.717) is 6.54 Å². The molecule has 0 saturated carbocycles. The Kier molecular flexibility index (Phi) is 5.92. The number of amides is 1. The zero-order chi connectivity index (χ0) is 12.7. The Labute approximate surface area is 104 Å². The maximum atomic E-state index is 11.9. The van der Waals surface area contributed by atoms with Crippen LogP contribution < -0.4 is 10.6 Å². The van der Waals surface area contributed by atoms with Crippen molar-refractivity contribution in [2.45, 2.75) is 39.5 Å². The number of piperidine rings is 1. The van der Waals surface area contributed by atoms with Crippen LogP contribution in [-0.4, -0.2) is 37.3 Å². The molecule has 3 N–H and O–H groups in total. The van der Waals surface area contributed by atoms with E-state index in [1.165, 1.54) is 0 Å². The van der Waals surface area contributed by atoms with E-state index in [4.69, 9.17) is 5.11 Å². The quantitative estimate of drug-likeness (QED) is 0.648. The zero-order valence-corrected chi connectivity index (χ0v) is 11.1. The van der Waals surface area contributed by atoms with Crippen molar-refractivity contribution >= 4 is 5.91 Å². The van der Waals surface area contributed by atoms with Crippen LogP contribution in [0.5, 0.6) is 0 Å². The Hall–Kier alpha value is -0.610. The molecule has 100 valence electrons. The molecule has 1 aliphatic rings. The summed E-state index contributed by atoms with van der Waals surface area (Å²) in [5, 5.41) is 15.1. The Morgan fingerprint density at radius 2 is 2.06 bits per heavy atom. The molecule has 0 aliphatic carbocycles. The Morgan fingerprint density at radius 3 is 2.65 bits per heavy atom. The third kappa shape index (κ3) is 5.50. The minimum absolute atomic E-state index is 0.0747. The van der Waals surface area contributed by atoms with Gasteiger partial charge in [0, 0.05) is 19.1 Å². The molecule has 17 heavy (non-hydrogen) atoms. The highest BCUT2D eigenvalue weighted by atomic mass is 16.2. The third-order valence-electron chi connectivity index (χ3n) is 3.46. The first kappa shape index (κ1) is 14.5. The number of carbonyl (C=O) groups excluding carboxylic acids is 1. The summed E-state index contributed by atoms with van der Waals surface area (Å²) in [5.74, 6) is 0.383. The molecular weight excluding hydrogens is 216 g/mol. The van der Waals surface area contributed by atoms with Gasteiger partial charge in [0.2, 0.25) is 5.91 Å². The molecule has 4 nitrogen and oxygen atoms in total. The minimum atomic E-state index is 0.0747. The van der Waals surface area contributed by atoms with Crippen LogP contribution >= 0.6 is 0 Å². The molecule has 0 aromatic rings. The van der Waals surface area contributed by atoms with Crippen LogP contribution in [0.15, 0.2) is 0 Å². The summed E-state index contributed by atoms with van der Waals surface area (Å²) >= 11 is 0. The summed E-state index contributed by atoms with van der Waals surface area (Å²) in [4.78, 5) is 11.9. The van der Waals surface area contributed by atoms with Crippen molar-refractivity contribution in [1.29, 1.82) is 0 Å². The summed E-state index contributed by atoms with van der Waals surface area (Å²) in [5.41, 5.74) is 0.0747. The van der Waals surface area contributed by atoms with Gasteiger partial charge >= 0.3 is 0 Å². The van der Waals surface area contributed by atoms with E-state index in [1.807, 2.05) is 0 Å². The maximum Gasteiger partial charge on any atom is 0.223 e. The lowest BCUT2D eigenvalue weighted by atomic mass is 9.87. The standard InChI is InChI=1S/C13H26N2O2/c1-13(2,6-3-9-16)10-15-12(17)11-4-7-14-8-5-11/h11,14,16H,3-10H2,1-2H3,(H,15,17). The van der Waals surface area contributed by atoms with Gasteiger partial charge in [0.25, 0.3) is 0 Å². The van der Waals surface area contributed by atoms with E-state index in [9.17, 15) is 4.79 Å². The van der Waals surface area contributed by atoms with Gasteiger partial charge in [-0.05, 0) is 44.2 Å². The predicted octanol–water partition coefficient (Wildman–Crippen LogP) is 0.901.